The van der Waals surface area contributed by atoms with Gasteiger partial charge in [-0.2, -0.15) is 4.57 Å². The van der Waals surface area contributed by atoms with Crippen LogP contribution >= 0.6 is 0 Å². The molecule has 4 aromatic rings. The van der Waals surface area contributed by atoms with E-state index in [0.29, 0.717) is 0 Å². The molecule has 0 radical (unpaired) electrons. The molecule has 4 rings (SSSR count). The van der Waals surface area contributed by atoms with Crippen molar-refractivity contribution in [3.05, 3.63) is 84.6 Å². The van der Waals surface area contributed by atoms with E-state index in [9.17, 15) is 0 Å². The molecule has 3 aromatic heterocycles. The Bertz CT molecular complexity index is 1060. The van der Waals surface area contributed by atoms with Crippen LogP contribution in [0.2, 0.25) is 0 Å². The van der Waals surface area contributed by atoms with E-state index < -0.39 is 0 Å². The molecule has 3 heterocycles. The van der Waals surface area contributed by atoms with Gasteiger partial charge in [0, 0.05) is 30.0 Å². The third-order valence-electron chi connectivity index (χ3n) is 4.12. The topological polar surface area (TPSA) is 20.6 Å². The van der Waals surface area contributed by atoms with Crippen LogP contribution < -0.4 is 9.92 Å². The van der Waals surface area contributed by atoms with Gasteiger partial charge in [-0.1, -0.05) is 18.2 Å². The standard InChI is InChI=1S/C20H18N3/c1-2-22-14-11-19(18-8-3-4-9-20(18)22)21-16-10-13-23-12-6-5-7-17(23)15-16/h3-15H,2H2,1H3/q+1. The number of fused-ring (bicyclic) bond motifs is 2. The smallest absolute Gasteiger partial charge is 0.214 e. The van der Waals surface area contributed by atoms with Crippen LogP contribution in [0.3, 0.4) is 0 Å². The number of hydrogen-bond acceptors (Lipinski definition) is 1. The fraction of sp³-hybridized carbons (Fsp3) is 0.100. The van der Waals surface area contributed by atoms with Crippen molar-refractivity contribution in [3.63, 3.8) is 0 Å². The number of para-hydroxylation sites is 1. The lowest BCUT2D eigenvalue weighted by Crippen LogP contribution is -2.32. The van der Waals surface area contributed by atoms with Crippen LogP contribution in [0.1, 0.15) is 6.92 Å². The van der Waals surface area contributed by atoms with Gasteiger partial charge < -0.3 is 4.40 Å². The second kappa shape index (κ2) is 5.69. The van der Waals surface area contributed by atoms with Gasteiger partial charge in [-0.25, -0.2) is 4.99 Å². The number of pyridine rings is 3. The van der Waals surface area contributed by atoms with Crippen molar-refractivity contribution in [2.75, 3.05) is 0 Å². The van der Waals surface area contributed by atoms with Gasteiger partial charge in [-0.3, -0.25) is 0 Å². The molecule has 3 heteroatoms. The highest BCUT2D eigenvalue weighted by Gasteiger charge is 2.09. The lowest BCUT2D eigenvalue weighted by atomic mass is 10.2. The summed E-state index contributed by atoms with van der Waals surface area (Å²) in [6.07, 6.45) is 6.20. The van der Waals surface area contributed by atoms with Crippen LogP contribution in [0.5, 0.6) is 0 Å². The molecular formula is C20H18N3+. The molecule has 0 aliphatic rings. The van der Waals surface area contributed by atoms with Crippen molar-refractivity contribution >= 4 is 22.1 Å². The zero-order valence-electron chi connectivity index (χ0n) is 13.1. The Morgan fingerprint density at radius 1 is 0.957 bits per heavy atom. The molecule has 0 aliphatic carbocycles. The molecule has 112 valence electrons. The lowest BCUT2D eigenvalue weighted by Gasteiger charge is -2.03. The number of rotatable bonds is 2. The first kappa shape index (κ1) is 13.7. The van der Waals surface area contributed by atoms with Crippen molar-refractivity contribution < 1.29 is 4.57 Å². The summed E-state index contributed by atoms with van der Waals surface area (Å²) >= 11 is 0. The summed E-state index contributed by atoms with van der Waals surface area (Å²) in [6.45, 7) is 3.11. The van der Waals surface area contributed by atoms with Gasteiger partial charge in [0.15, 0.2) is 6.20 Å². The van der Waals surface area contributed by atoms with Gasteiger partial charge in [0.1, 0.15) is 6.54 Å². The van der Waals surface area contributed by atoms with E-state index in [2.05, 4.69) is 64.6 Å². The first-order valence-corrected chi connectivity index (χ1v) is 7.88. The van der Waals surface area contributed by atoms with Gasteiger partial charge in [0.05, 0.1) is 16.4 Å². The van der Waals surface area contributed by atoms with Crippen LogP contribution in [0.15, 0.2) is 84.2 Å². The first-order chi connectivity index (χ1) is 11.3. The summed E-state index contributed by atoms with van der Waals surface area (Å²) < 4.78 is 4.33. The Balaban J connectivity index is 1.94. The Labute approximate surface area is 134 Å². The Morgan fingerprint density at radius 3 is 2.74 bits per heavy atom. The highest BCUT2D eigenvalue weighted by molar-refractivity contribution is 5.87. The highest BCUT2D eigenvalue weighted by Crippen LogP contribution is 2.22. The highest BCUT2D eigenvalue weighted by atomic mass is 14.9. The van der Waals surface area contributed by atoms with Gasteiger partial charge in [0.2, 0.25) is 5.52 Å². The van der Waals surface area contributed by atoms with E-state index in [0.717, 1.165) is 23.1 Å². The minimum atomic E-state index is 0.952. The lowest BCUT2D eigenvalue weighted by molar-refractivity contribution is -0.667. The largest absolute Gasteiger partial charge is 0.324 e. The zero-order chi connectivity index (χ0) is 15.6. The molecule has 3 nitrogen and oxygen atoms in total. The van der Waals surface area contributed by atoms with Crippen LogP contribution in [0, 0.1) is 0 Å². The monoisotopic (exact) mass is 300 g/mol. The number of aryl methyl sites for hydroxylation is 1. The normalized spacial score (nSPS) is 12.1. The average Bonchev–Trinajstić information content (AvgIpc) is 2.62. The second-order valence-corrected chi connectivity index (χ2v) is 5.53. The molecule has 0 spiro atoms. The Morgan fingerprint density at radius 2 is 1.83 bits per heavy atom. The number of nitrogens with zero attached hydrogens (tertiary/aromatic N) is 3. The predicted octanol–water partition coefficient (Wildman–Crippen LogP) is 3.63. The maximum absolute atomic E-state index is 4.87. The minimum Gasteiger partial charge on any atom is -0.324 e. The molecule has 0 aliphatic heterocycles. The summed E-state index contributed by atoms with van der Waals surface area (Å²) in [6, 6.07) is 20.8. The number of hydrogen-bond donors (Lipinski definition) is 0. The molecule has 0 atom stereocenters. The fourth-order valence-electron chi connectivity index (χ4n) is 2.94. The first-order valence-electron chi connectivity index (χ1n) is 7.88. The average molecular weight is 300 g/mol. The van der Waals surface area contributed by atoms with Crippen molar-refractivity contribution in [1.82, 2.24) is 4.40 Å². The number of aromatic nitrogens is 2. The molecule has 0 saturated heterocycles. The number of benzene rings is 1. The molecular weight excluding hydrogens is 282 g/mol. The molecule has 0 N–H and O–H groups in total. The second-order valence-electron chi connectivity index (χ2n) is 5.53. The van der Waals surface area contributed by atoms with Crippen molar-refractivity contribution in [2.24, 2.45) is 4.99 Å². The molecule has 23 heavy (non-hydrogen) atoms. The molecule has 0 bridgehead atoms. The van der Waals surface area contributed by atoms with Crippen molar-refractivity contribution in [1.29, 1.82) is 0 Å². The van der Waals surface area contributed by atoms with Crippen molar-refractivity contribution in [3.8, 4) is 0 Å². The van der Waals surface area contributed by atoms with E-state index in [4.69, 9.17) is 4.99 Å². The minimum absolute atomic E-state index is 0.952. The van der Waals surface area contributed by atoms with E-state index in [1.165, 1.54) is 10.9 Å². The van der Waals surface area contributed by atoms with Crippen LogP contribution in [-0.4, -0.2) is 4.40 Å². The summed E-state index contributed by atoms with van der Waals surface area (Å²) in [7, 11) is 0. The summed E-state index contributed by atoms with van der Waals surface area (Å²) in [5.74, 6) is 0. The van der Waals surface area contributed by atoms with Crippen LogP contribution in [-0.2, 0) is 6.54 Å². The van der Waals surface area contributed by atoms with Crippen LogP contribution in [0.4, 0.5) is 5.69 Å². The third kappa shape index (κ3) is 2.50. The van der Waals surface area contributed by atoms with E-state index in [1.807, 2.05) is 30.6 Å². The molecule has 0 unspecified atom stereocenters. The maximum Gasteiger partial charge on any atom is 0.214 e. The third-order valence-corrected chi connectivity index (χ3v) is 4.12. The zero-order valence-corrected chi connectivity index (χ0v) is 13.1. The quantitative estimate of drug-likeness (QED) is 0.504. The van der Waals surface area contributed by atoms with Gasteiger partial charge in [-0.15, -0.1) is 0 Å². The van der Waals surface area contributed by atoms with E-state index in [1.54, 1.807) is 0 Å². The Kier molecular flexibility index (Phi) is 3.39. The maximum atomic E-state index is 4.87. The Hall–Kier alpha value is -2.94. The molecule has 1 aromatic carbocycles. The fourth-order valence-corrected chi connectivity index (χ4v) is 2.94. The SMILES string of the molecule is CC[n+]1ccc(N=c2ccn3ccccc3c2)c2ccccc21. The molecule has 0 fully saturated rings. The van der Waals surface area contributed by atoms with E-state index in [-0.39, 0.29) is 0 Å². The van der Waals surface area contributed by atoms with Gasteiger partial charge in [-0.05, 0) is 37.3 Å². The predicted molar refractivity (Wildman–Crippen MR) is 92.4 cm³/mol. The van der Waals surface area contributed by atoms with Gasteiger partial charge >= 0.3 is 0 Å². The summed E-state index contributed by atoms with van der Waals surface area (Å²) in [5.41, 5.74) is 3.36. The summed E-state index contributed by atoms with van der Waals surface area (Å²) in [5, 5.41) is 2.15. The van der Waals surface area contributed by atoms with Crippen molar-refractivity contribution in [2.45, 2.75) is 13.5 Å². The molecule has 0 saturated carbocycles. The van der Waals surface area contributed by atoms with E-state index >= 15 is 0 Å². The van der Waals surface area contributed by atoms with Crippen LogP contribution in [0.25, 0.3) is 16.4 Å². The molecule has 0 amide bonds. The summed E-state index contributed by atoms with van der Waals surface area (Å²) in [4.78, 5) is 4.87. The van der Waals surface area contributed by atoms with Gasteiger partial charge in [0.25, 0.3) is 0 Å².